The minimum absolute atomic E-state index is 0.0834. The second kappa shape index (κ2) is 10.7. The fraction of sp³-hybridized carbons (Fsp3) is 0.238. The maximum Gasteiger partial charge on any atom is 0.234 e. The Morgan fingerprint density at radius 3 is 2.52 bits per heavy atom. The molecule has 10 heteroatoms. The fourth-order valence-corrected chi connectivity index (χ4v) is 3.99. The molecule has 0 unspecified atom stereocenters. The molecule has 1 aromatic heterocycles. The van der Waals surface area contributed by atoms with E-state index in [1.807, 2.05) is 42.7 Å². The first kappa shape index (κ1) is 23.1. The Morgan fingerprint density at radius 2 is 1.77 bits per heavy atom. The lowest BCUT2D eigenvalue weighted by Gasteiger charge is -2.10. The van der Waals surface area contributed by atoms with Gasteiger partial charge in [-0.1, -0.05) is 53.2 Å². The van der Waals surface area contributed by atoms with E-state index in [2.05, 4.69) is 20.8 Å². The number of halogens is 2. The number of aryl methyl sites for hydroxylation is 1. The van der Waals surface area contributed by atoms with Gasteiger partial charge < -0.3 is 15.2 Å². The second-order valence-corrected chi connectivity index (χ2v) is 8.43. The average molecular weight is 478 g/mol. The zero-order valence-electron chi connectivity index (χ0n) is 17.0. The normalized spacial score (nSPS) is 10.7. The predicted molar refractivity (Wildman–Crippen MR) is 125 cm³/mol. The van der Waals surface area contributed by atoms with Crippen LogP contribution in [0.3, 0.4) is 0 Å². The number of nitrogens with zero attached hydrogens (tertiary/aromatic N) is 3. The molecule has 2 aromatic carbocycles. The third-order valence-corrected chi connectivity index (χ3v) is 5.91. The molecule has 0 bridgehead atoms. The molecule has 0 fully saturated rings. The van der Waals surface area contributed by atoms with Crippen LogP contribution in [0.4, 0.5) is 11.4 Å². The number of benzene rings is 2. The number of aromatic nitrogens is 3. The van der Waals surface area contributed by atoms with Gasteiger partial charge >= 0.3 is 0 Å². The maximum atomic E-state index is 12.5. The molecule has 2 N–H and O–H groups in total. The molecule has 0 saturated heterocycles. The molecular weight excluding hydrogens is 457 g/mol. The number of amides is 2. The molecule has 0 radical (unpaired) electrons. The molecule has 162 valence electrons. The summed E-state index contributed by atoms with van der Waals surface area (Å²) in [6.07, 6.45) is 0.0834. The Kier molecular flexibility index (Phi) is 7.95. The van der Waals surface area contributed by atoms with E-state index < -0.39 is 0 Å². The fourth-order valence-electron chi connectivity index (χ4n) is 2.84. The molecule has 3 aromatic rings. The molecule has 0 atom stereocenters. The number of hydrogen-bond acceptors (Lipinski definition) is 5. The Hall–Kier alpha value is -2.55. The Labute approximate surface area is 194 Å². The molecule has 0 aliphatic heterocycles. The van der Waals surface area contributed by atoms with E-state index in [0.29, 0.717) is 33.3 Å². The summed E-state index contributed by atoms with van der Waals surface area (Å²) >= 11 is 13.3. The van der Waals surface area contributed by atoms with Crippen LogP contribution in [-0.4, -0.2) is 32.3 Å². The van der Waals surface area contributed by atoms with Crippen molar-refractivity contribution in [3.8, 4) is 0 Å². The van der Waals surface area contributed by atoms with Crippen LogP contribution < -0.4 is 10.6 Å². The SMILES string of the molecule is CCn1c(CC(=O)Nc2ccccc2C)nnc1SCC(=O)Nc1cc(Cl)ccc1Cl. The molecule has 0 aliphatic rings. The van der Waals surface area contributed by atoms with Gasteiger partial charge in [-0.2, -0.15) is 0 Å². The summed E-state index contributed by atoms with van der Waals surface area (Å²) < 4.78 is 1.82. The van der Waals surface area contributed by atoms with Crippen LogP contribution in [0.5, 0.6) is 0 Å². The van der Waals surface area contributed by atoms with Crippen LogP contribution >= 0.6 is 35.0 Å². The number of hydrogen-bond donors (Lipinski definition) is 2. The topological polar surface area (TPSA) is 88.9 Å². The highest BCUT2D eigenvalue weighted by Crippen LogP contribution is 2.26. The van der Waals surface area contributed by atoms with Crippen molar-refractivity contribution in [1.82, 2.24) is 14.8 Å². The third kappa shape index (κ3) is 6.22. The number of thioether (sulfide) groups is 1. The molecular formula is C21H21Cl2N5O2S. The van der Waals surface area contributed by atoms with Crippen molar-refractivity contribution in [1.29, 1.82) is 0 Å². The number of para-hydroxylation sites is 1. The van der Waals surface area contributed by atoms with Crippen molar-refractivity contribution < 1.29 is 9.59 Å². The van der Waals surface area contributed by atoms with Crippen LogP contribution in [0.25, 0.3) is 0 Å². The third-order valence-electron chi connectivity index (χ3n) is 4.38. The molecule has 0 spiro atoms. The maximum absolute atomic E-state index is 12.5. The van der Waals surface area contributed by atoms with Gasteiger partial charge in [0.05, 0.1) is 22.9 Å². The van der Waals surface area contributed by atoms with E-state index in [0.717, 1.165) is 11.3 Å². The number of carbonyl (C=O) groups is 2. The lowest BCUT2D eigenvalue weighted by atomic mass is 10.2. The van der Waals surface area contributed by atoms with E-state index in [4.69, 9.17) is 23.2 Å². The van der Waals surface area contributed by atoms with E-state index in [1.54, 1.807) is 18.2 Å². The highest BCUT2D eigenvalue weighted by atomic mass is 35.5. The van der Waals surface area contributed by atoms with E-state index in [-0.39, 0.29) is 24.0 Å². The summed E-state index contributed by atoms with van der Waals surface area (Å²) in [6, 6.07) is 12.4. The largest absolute Gasteiger partial charge is 0.325 e. The van der Waals surface area contributed by atoms with Crippen molar-refractivity contribution >= 4 is 58.2 Å². The summed E-state index contributed by atoms with van der Waals surface area (Å²) in [4.78, 5) is 24.8. The average Bonchev–Trinajstić information content (AvgIpc) is 3.12. The molecule has 31 heavy (non-hydrogen) atoms. The smallest absolute Gasteiger partial charge is 0.234 e. The number of nitrogens with one attached hydrogen (secondary N) is 2. The summed E-state index contributed by atoms with van der Waals surface area (Å²) in [7, 11) is 0. The van der Waals surface area contributed by atoms with Crippen molar-refractivity contribution in [2.24, 2.45) is 0 Å². The monoisotopic (exact) mass is 477 g/mol. The molecule has 7 nitrogen and oxygen atoms in total. The molecule has 0 saturated carbocycles. The molecule has 2 amide bonds. The quantitative estimate of drug-likeness (QED) is 0.453. The van der Waals surface area contributed by atoms with Gasteiger partial charge in [-0.3, -0.25) is 9.59 Å². The van der Waals surface area contributed by atoms with Crippen molar-refractivity contribution in [2.75, 3.05) is 16.4 Å². The number of rotatable bonds is 8. The molecule has 3 rings (SSSR count). The van der Waals surface area contributed by atoms with Crippen LogP contribution in [0.15, 0.2) is 47.6 Å². The van der Waals surface area contributed by atoms with Gasteiger partial charge in [0.2, 0.25) is 11.8 Å². The first-order chi connectivity index (χ1) is 14.9. The summed E-state index contributed by atoms with van der Waals surface area (Å²) in [5.74, 6) is 0.213. The minimum atomic E-state index is -0.251. The van der Waals surface area contributed by atoms with Crippen LogP contribution in [0, 0.1) is 6.92 Å². The molecule has 0 aliphatic carbocycles. The van der Waals surface area contributed by atoms with E-state index in [9.17, 15) is 9.59 Å². The van der Waals surface area contributed by atoms with Crippen LogP contribution in [0.2, 0.25) is 10.0 Å². The van der Waals surface area contributed by atoms with Gasteiger partial charge in [-0.05, 0) is 43.7 Å². The van der Waals surface area contributed by atoms with Gasteiger partial charge in [0.25, 0.3) is 0 Å². The Morgan fingerprint density at radius 1 is 1.03 bits per heavy atom. The van der Waals surface area contributed by atoms with Crippen molar-refractivity contribution in [2.45, 2.75) is 32.0 Å². The van der Waals surface area contributed by atoms with Gasteiger partial charge in [-0.15, -0.1) is 10.2 Å². The second-order valence-electron chi connectivity index (χ2n) is 6.64. The van der Waals surface area contributed by atoms with Gasteiger partial charge in [0, 0.05) is 17.3 Å². The minimum Gasteiger partial charge on any atom is -0.325 e. The zero-order valence-corrected chi connectivity index (χ0v) is 19.3. The first-order valence-corrected chi connectivity index (χ1v) is 11.3. The van der Waals surface area contributed by atoms with Gasteiger partial charge in [0.15, 0.2) is 5.16 Å². The van der Waals surface area contributed by atoms with E-state index in [1.165, 1.54) is 11.8 Å². The van der Waals surface area contributed by atoms with Gasteiger partial charge in [0.1, 0.15) is 5.82 Å². The lowest BCUT2D eigenvalue weighted by Crippen LogP contribution is -2.18. The summed E-state index contributed by atoms with van der Waals surface area (Å²) in [5.41, 5.74) is 2.20. The highest BCUT2D eigenvalue weighted by Gasteiger charge is 2.17. The Bertz CT molecular complexity index is 1100. The lowest BCUT2D eigenvalue weighted by molar-refractivity contribution is -0.116. The summed E-state index contributed by atoms with van der Waals surface area (Å²) in [5, 5.41) is 15.4. The molecule has 1 heterocycles. The van der Waals surface area contributed by atoms with E-state index >= 15 is 0 Å². The number of carbonyl (C=O) groups excluding carboxylic acids is 2. The van der Waals surface area contributed by atoms with Crippen LogP contribution in [-0.2, 0) is 22.6 Å². The van der Waals surface area contributed by atoms with Crippen molar-refractivity contribution in [3.63, 3.8) is 0 Å². The van der Waals surface area contributed by atoms with Crippen molar-refractivity contribution in [3.05, 3.63) is 63.9 Å². The van der Waals surface area contributed by atoms with Gasteiger partial charge in [-0.25, -0.2) is 0 Å². The number of anilines is 2. The Balaban J connectivity index is 1.60. The highest BCUT2D eigenvalue weighted by molar-refractivity contribution is 7.99. The predicted octanol–water partition coefficient (Wildman–Crippen LogP) is 4.83. The standard InChI is InChI=1S/C21H21Cl2N5O2S/c1-3-28-18(11-19(29)24-16-7-5-4-6-13(16)2)26-27-21(28)31-12-20(30)25-17-10-14(22)8-9-15(17)23/h4-10H,3,11-12H2,1-2H3,(H,24,29)(H,25,30). The van der Waals surface area contributed by atoms with Crippen LogP contribution in [0.1, 0.15) is 18.3 Å². The summed E-state index contributed by atoms with van der Waals surface area (Å²) in [6.45, 7) is 4.44. The zero-order chi connectivity index (χ0) is 22.4. The first-order valence-electron chi connectivity index (χ1n) is 9.52.